The van der Waals surface area contributed by atoms with Gasteiger partial charge in [0.1, 0.15) is 11.4 Å². The van der Waals surface area contributed by atoms with Crippen LogP contribution in [0, 0.1) is 5.92 Å². The highest BCUT2D eigenvalue weighted by Crippen LogP contribution is 2.39. The van der Waals surface area contributed by atoms with Crippen molar-refractivity contribution in [2.45, 2.75) is 44.7 Å². The summed E-state index contributed by atoms with van der Waals surface area (Å²) in [6.07, 6.45) is 7.21. The molecule has 0 aromatic carbocycles. The second kappa shape index (κ2) is 4.49. The van der Waals surface area contributed by atoms with Crippen molar-refractivity contribution in [3.05, 3.63) is 18.2 Å². The van der Waals surface area contributed by atoms with Crippen LogP contribution in [0.2, 0.25) is 0 Å². The predicted molar refractivity (Wildman–Crippen MR) is 63.5 cm³/mol. The minimum Gasteiger partial charge on any atom is -0.480 e. The molecular weight excluding hydrogens is 218 g/mol. The molecule has 1 unspecified atom stereocenters. The number of imidazole rings is 1. The van der Waals surface area contributed by atoms with Crippen LogP contribution in [0.3, 0.4) is 0 Å². The Morgan fingerprint density at radius 2 is 2.41 bits per heavy atom. The van der Waals surface area contributed by atoms with Crippen molar-refractivity contribution in [1.82, 2.24) is 9.55 Å². The standard InChI is InChI=1S/C12H19N3O2/c1-2-3-10-14-6-7-15(10)8-12(13,11(16)17)9-4-5-9/h6-7,9H,2-5,8,13H2,1H3,(H,16,17). The molecule has 17 heavy (non-hydrogen) atoms. The van der Waals surface area contributed by atoms with Crippen molar-refractivity contribution in [2.24, 2.45) is 11.7 Å². The summed E-state index contributed by atoms with van der Waals surface area (Å²) in [6, 6.07) is 0. The number of nitrogens with zero attached hydrogens (tertiary/aromatic N) is 2. The van der Waals surface area contributed by atoms with Gasteiger partial charge in [0.15, 0.2) is 0 Å². The number of hydrogen-bond donors (Lipinski definition) is 2. The van der Waals surface area contributed by atoms with E-state index < -0.39 is 11.5 Å². The maximum atomic E-state index is 11.3. The third-order valence-corrected chi connectivity index (χ3v) is 3.41. The van der Waals surface area contributed by atoms with Crippen molar-refractivity contribution in [3.8, 4) is 0 Å². The first-order chi connectivity index (χ1) is 8.08. The van der Waals surface area contributed by atoms with E-state index in [1.807, 2.05) is 10.8 Å². The summed E-state index contributed by atoms with van der Waals surface area (Å²) in [4.78, 5) is 15.6. The second-order valence-corrected chi connectivity index (χ2v) is 4.84. The Morgan fingerprint density at radius 3 is 2.94 bits per heavy atom. The molecule has 94 valence electrons. The predicted octanol–water partition coefficient (Wildman–Crippen LogP) is 1.03. The number of nitrogens with two attached hydrogens (primary N) is 1. The second-order valence-electron chi connectivity index (χ2n) is 4.84. The van der Waals surface area contributed by atoms with E-state index in [1.165, 1.54) is 0 Å². The molecular formula is C12H19N3O2. The number of rotatable bonds is 6. The van der Waals surface area contributed by atoms with Gasteiger partial charge in [-0.25, -0.2) is 4.98 Å². The van der Waals surface area contributed by atoms with E-state index in [1.54, 1.807) is 6.20 Å². The van der Waals surface area contributed by atoms with Crippen molar-refractivity contribution in [3.63, 3.8) is 0 Å². The van der Waals surface area contributed by atoms with Gasteiger partial charge in [-0.05, 0) is 25.2 Å². The smallest absolute Gasteiger partial charge is 0.325 e. The molecule has 1 aliphatic rings. The van der Waals surface area contributed by atoms with E-state index in [2.05, 4.69) is 11.9 Å². The van der Waals surface area contributed by atoms with Crippen LogP contribution in [0.25, 0.3) is 0 Å². The zero-order chi connectivity index (χ0) is 12.5. The summed E-state index contributed by atoms with van der Waals surface area (Å²) in [7, 11) is 0. The van der Waals surface area contributed by atoms with Gasteiger partial charge in [-0.1, -0.05) is 6.92 Å². The number of hydrogen-bond acceptors (Lipinski definition) is 3. The molecule has 0 spiro atoms. The van der Waals surface area contributed by atoms with Gasteiger partial charge in [0.2, 0.25) is 0 Å². The number of aromatic nitrogens is 2. The summed E-state index contributed by atoms with van der Waals surface area (Å²) < 4.78 is 1.88. The Balaban J connectivity index is 2.17. The summed E-state index contributed by atoms with van der Waals surface area (Å²) in [5.74, 6) is 0.122. The molecule has 1 aliphatic carbocycles. The van der Waals surface area contributed by atoms with E-state index in [4.69, 9.17) is 5.73 Å². The van der Waals surface area contributed by atoms with Crippen LogP contribution >= 0.6 is 0 Å². The minimum absolute atomic E-state index is 0.108. The lowest BCUT2D eigenvalue weighted by molar-refractivity contribution is -0.144. The largest absolute Gasteiger partial charge is 0.480 e. The van der Waals surface area contributed by atoms with Crippen LogP contribution in [0.5, 0.6) is 0 Å². The highest BCUT2D eigenvalue weighted by Gasteiger charge is 2.48. The van der Waals surface area contributed by atoms with Crippen LogP contribution in [0.4, 0.5) is 0 Å². The average Bonchev–Trinajstić information content (AvgIpc) is 3.04. The van der Waals surface area contributed by atoms with Gasteiger partial charge in [0, 0.05) is 18.8 Å². The van der Waals surface area contributed by atoms with Gasteiger partial charge in [0.25, 0.3) is 0 Å². The molecule has 1 saturated carbocycles. The lowest BCUT2D eigenvalue weighted by Crippen LogP contribution is -2.53. The summed E-state index contributed by atoms with van der Waals surface area (Å²) in [5.41, 5.74) is 4.92. The lowest BCUT2D eigenvalue weighted by Gasteiger charge is -2.25. The maximum Gasteiger partial charge on any atom is 0.325 e. The van der Waals surface area contributed by atoms with E-state index in [-0.39, 0.29) is 5.92 Å². The summed E-state index contributed by atoms with van der Waals surface area (Å²) in [5, 5.41) is 9.30. The fourth-order valence-corrected chi connectivity index (χ4v) is 2.19. The SMILES string of the molecule is CCCc1nccn1CC(N)(C(=O)O)C1CC1. The number of aliphatic carboxylic acids is 1. The first-order valence-corrected chi connectivity index (χ1v) is 6.10. The Bertz CT molecular complexity index is 412. The fourth-order valence-electron chi connectivity index (χ4n) is 2.19. The molecule has 3 N–H and O–H groups in total. The third-order valence-electron chi connectivity index (χ3n) is 3.41. The Morgan fingerprint density at radius 1 is 1.71 bits per heavy atom. The van der Waals surface area contributed by atoms with Gasteiger partial charge in [-0.2, -0.15) is 0 Å². The highest BCUT2D eigenvalue weighted by atomic mass is 16.4. The van der Waals surface area contributed by atoms with Crippen molar-refractivity contribution in [1.29, 1.82) is 0 Å². The molecule has 5 nitrogen and oxygen atoms in total. The normalized spacial score (nSPS) is 18.9. The first-order valence-electron chi connectivity index (χ1n) is 6.10. The molecule has 1 aromatic rings. The zero-order valence-electron chi connectivity index (χ0n) is 10.1. The highest BCUT2D eigenvalue weighted by molar-refractivity contribution is 5.79. The average molecular weight is 237 g/mol. The Labute approximate surface area is 101 Å². The molecule has 1 aromatic heterocycles. The summed E-state index contributed by atoms with van der Waals surface area (Å²) in [6.45, 7) is 2.40. The first kappa shape index (κ1) is 12.1. The van der Waals surface area contributed by atoms with E-state index >= 15 is 0 Å². The van der Waals surface area contributed by atoms with E-state index in [0.29, 0.717) is 6.54 Å². The van der Waals surface area contributed by atoms with Crippen molar-refractivity contribution < 1.29 is 9.90 Å². The quantitative estimate of drug-likeness (QED) is 0.774. The van der Waals surface area contributed by atoms with Crippen LogP contribution < -0.4 is 5.73 Å². The molecule has 0 aliphatic heterocycles. The van der Waals surface area contributed by atoms with Gasteiger partial charge < -0.3 is 15.4 Å². The maximum absolute atomic E-state index is 11.3. The molecule has 1 fully saturated rings. The van der Waals surface area contributed by atoms with Gasteiger partial charge >= 0.3 is 5.97 Å². The van der Waals surface area contributed by atoms with Crippen molar-refractivity contribution in [2.75, 3.05) is 0 Å². The van der Waals surface area contributed by atoms with Crippen LogP contribution in [0.15, 0.2) is 12.4 Å². The van der Waals surface area contributed by atoms with Gasteiger partial charge in [-0.15, -0.1) is 0 Å². The van der Waals surface area contributed by atoms with Crippen LogP contribution in [-0.4, -0.2) is 26.2 Å². The fraction of sp³-hybridized carbons (Fsp3) is 0.667. The summed E-state index contributed by atoms with van der Waals surface area (Å²) >= 11 is 0. The number of carbonyl (C=O) groups is 1. The van der Waals surface area contributed by atoms with Crippen molar-refractivity contribution >= 4 is 5.97 Å². The number of aryl methyl sites for hydroxylation is 1. The van der Waals surface area contributed by atoms with Gasteiger partial charge in [0.05, 0.1) is 6.54 Å². The van der Waals surface area contributed by atoms with E-state index in [9.17, 15) is 9.90 Å². The zero-order valence-corrected chi connectivity index (χ0v) is 10.1. The Kier molecular flexibility index (Phi) is 3.19. The minimum atomic E-state index is -1.14. The number of carboxylic acid groups (broad SMARTS) is 1. The lowest BCUT2D eigenvalue weighted by atomic mass is 9.94. The monoisotopic (exact) mass is 237 g/mol. The molecule has 0 saturated heterocycles. The molecule has 1 atom stereocenters. The van der Waals surface area contributed by atoms with Gasteiger partial charge in [-0.3, -0.25) is 4.79 Å². The molecule has 0 amide bonds. The van der Waals surface area contributed by atoms with E-state index in [0.717, 1.165) is 31.5 Å². The Hall–Kier alpha value is -1.36. The molecule has 1 heterocycles. The topological polar surface area (TPSA) is 81.1 Å². The molecule has 2 rings (SSSR count). The van der Waals surface area contributed by atoms with Crippen LogP contribution in [0.1, 0.15) is 32.0 Å². The molecule has 5 heteroatoms. The molecule has 0 bridgehead atoms. The number of carboxylic acids is 1. The molecule has 0 radical (unpaired) electrons. The van der Waals surface area contributed by atoms with Crippen LogP contribution in [-0.2, 0) is 17.8 Å². The third kappa shape index (κ3) is 2.34.